The summed E-state index contributed by atoms with van der Waals surface area (Å²) in [4.78, 5) is 12.8. The van der Waals surface area contributed by atoms with E-state index in [4.69, 9.17) is 5.26 Å². The molecule has 0 spiro atoms. The fourth-order valence-electron chi connectivity index (χ4n) is 1.26. The molecule has 4 nitrogen and oxygen atoms in total. The third-order valence-corrected chi connectivity index (χ3v) is 1.87. The molecule has 1 aliphatic rings. The van der Waals surface area contributed by atoms with Crippen LogP contribution in [0.1, 0.15) is 19.3 Å². The van der Waals surface area contributed by atoms with E-state index >= 15 is 0 Å². The highest BCUT2D eigenvalue weighted by Gasteiger charge is 2.16. The van der Waals surface area contributed by atoms with E-state index in [-0.39, 0.29) is 12.7 Å². The van der Waals surface area contributed by atoms with E-state index in [0.717, 1.165) is 25.9 Å². The highest BCUT2D eigenvalue weighted by molar-refractivity contribution is 5.67. The van der Waals surface area contributed by atoms with Gasteiger partial charge < -0.3 is 9.64 Å². The van der Waals surface area contributed by atoms with Crippen molar-refractivity contribution in [3.63, 3.8) is 0 Å². The maximum absolute atomic E-state index is 11.1. The van der Waals surface area contributed by atoms with Crippen LogP contribution < -0.4 is 0 Å². The van der Waals surface area contributed by atoms with E-state index in [1.165, 1.54) is 6.42 Å². The van der Waals surface area contributed by atoms with Gasteiger partial charge in [-0.1, -0.05) is 0 Å². The normalized spacial score (nSPS) is 16.8. The van der Waals surface area contributed by atoms with Crippen LogP contribution in [0.25, 0.3) is 0 Å². The van der Waals surface area contributed by atoms with Gasteiger partial charge in [-0.05, 0) is 19.3 Å². The Kier molecular flexibility index (Phi) is 3.39. The van der Waals surface area contributed by atoms with E-state index in [2.05, 4.69) is 4.74 Å². The molecule has 0 aromatic rings. The fraction of sp³-hybridized carbons (Fsp3) is 0.750. The number of nitrogens with zero attached hydrogens (tertiary/aromatic N) is 2. The Bertz CT molecular complexity index is 192. The molecule has 1 heterocycles. The molecule has 0 saturated carbocycles. The van der Waals surface area contributed by atoms with Crippen molar-refractivity contribution in [2.45, 2.75) is 19.3 Å². The molecule has 0 N–H and O–H groups in total. The smallest absolute Gasteiger partial charge is 0.410 e. The van der Waals surface area contributed by atoms with Crippen molar-refractivity contribution in [3.8, 4) is 6.07 Å². The maximum Gasteiger partial charge on any atom is 0.410 e. The van der Waals surface area contributed by atoms with E-state index in [1.54, 1.807) is 11.0 Å². The third kappa shape index (κ3) is 2.42. The largest absolute Gasteiger partial charge is 0.434 e. The van der Waals surface area contributed by atoms with Crippen LogP contribution in [0.3, 0.4) is 0 Å². The van der Waals surface area contributed by atoms with E-state index in [1.807, 2.05) is 0 Å². The Hall–Kier alpha value is -1.24. The van der Waals surface area contributed by atoms with Crippen LogP contribution in [0.2, 0.25) is 0 Å². The van der Waals surface area contributed by atoms with Crippen LogP contribution in [0.15, 0.2) is 0 Å². The molecule has 4 heteroatoms. The second kappa shape index (κ2) is 4.60. The molecule has 0 aliphatic carbocycles. The van der Waals surface area contributed by atoms with E-state index in [0.29, 0.717) is 0 Å². The molecule has 0 radical (unpaired) electrons. The lowest BCUT2D eigenvalue weighted by molar-refractivity contribution is 0.106. The maximum atomic E-state index is 11.1. The van der Waals surface area contributed by atoms with Gasteiger partial charge in [-0.3, -0.25) is 0 Å². The van der Waals surface area contributed by atoms with Crippen LogP contribution in [0, 0.1) is 11.3 Å². The second-order valence-corrected chi connectivity index (χ2v) is 2.76. The first-order chi connectivity index (χ1) is 5.84. The lowest BCUT2D eigenvalue weighted by Gasteiger charge is -2.25. The Balaban J connectivity index is 2.26. The molecule has 0 aromatic carbocycles. The van der Waals surface area contributed by atoms with Gasteiger partial charge in [0.15, 0.2) is 6.61 Å². The number of carbonyl (C=O) groups is 1. The summed E-state index contributed by atoms with van der Waals surface area (Å²) < 4.78 is 4.66. The monoisotopic (exact) mass is 168 g/mol. The summed E-state index contributed by atoms with van der Waals surface area (Å²) in [6.07, 6.45) is 2.92. The van der Waals surface area contributed by atoms with Crippen molar-refractivity contribution in [3.05, 3.63) is 0 Å². The van der Waals surface area contributed by atoms with Crippen molar-refractivity contribution in [2.24, 2.45) is 0 Å². The Labute approximate surface area is 71.7 Å². The molecule has 0 bridgehead atoms. The number of piperidine rings is 1. The summed E-state index contributed by atoms with van der Waals surface area (Å²) in [5.74, 6) is 0. The minimum Gasteiger partial charge on any atom is -0.434 e. The summed E-state index contributed by atoms with van der Waals surface area (Å²) in [7, 11) is 0. The van der Waals surface area contributed by atoms with Gasteiger partial charge in [0, 0.05) is 13.1 Å². The zero-order valence-electron chi connectivity index (χ0n) is 6.95. The molecular formula is C8H12N2O2. The quantitative estimate of drug-likeness (QED) is 0.589. The van der Waals surface area contributed by atoms with E-state index < -0.39 is 0 Å². The average Bonchev–Trinajstić information content (AvgIpc) is 2.15. The van der Waals surface area contributed by atoms with Crippen molar-refractivity contribution >= 4 is 6.09 Å². The highest BCUT2D eigenvalue weighted by atomic mass is 16.6. The number of nitriles is 1. The molecule has 0 atom stereocenters. The topological polar surface area (TPSA) is 53.3 Å². The standard InChI is InChI=1S/C8H12N2O2/c9-4-7-12-8(11)10-5-2-1-3-6-10/h1-3,5-7H2. The Morgan fingerprint density at radius 1 is 1.42 bits per heavy atom. The van der Waals surface area contributed by atoms with Gasteiger partial charge in [-0.25, -0.2) is 4.79 Å². The number of ether oxygens (including phenoxy) is 1. The fourth-order valence-corrected chi connectivity index (χ4v) is 1.26. The Morgan fingerprint density at radius 2 is 2.08 bits per heavy atom. The number of carbonyl (C=O) groups excluding carboxylic acids is 1. The molecular weight excluding hydrogens is 156 g/mol. The number of amides is 1. The van der Waals surface area contributed by atoms with Crippen molar-refractivity contribution in [2.75, 3.05) is 19.7 Å². The summed E-state index contributed by atoms with van der Waals surface area (Å²) in [6, 6.07) is 1.77. The molecule has 1 rings (SSSR count). The molecule has 1 amide bonds. The second-order valence-electron chi connectivity index (χ2n) is 2.76. The molecule has 1 fully saturated rings. The number of likely N-dealkylation sites (tertiary alicyclic amines) is 1. The lowest BCUT2D eigenvalue weighted by Crippen LogP contribution is -2.36. The zero-order chi connectivity index (χ0) is 8.81. The first-order valence-electron chi connectivity index (χ1n) is 4.13. The highest BCUT2D eigenvalue weighted by Crippen LogP contribution is 2.09. The van der Waals surface area contributed by atoms with Gasteiger partial charge in [0.1, 0.15) is 6.07 Å². The third-order valence-electron chi connectivity index (χ3n) is 1.87. The zero-order valence-corrected chi connectivity index (χ0v) is 6.95. The van der Waals surface area contributed by atoms with Crippen LogP contribution in [0.4, 0.5) is 4.79 Å². The number of rotatable bonds is 1. The molecule has 1 aliphatic heterocycles. The molecule has 12 heavy (non-hydrogen) atoms. The van der Waals surface area contributed by atoms with E-state index in [9.17, 15) is 4.79 Å². The summed E-state index contributed by atoms with van der Waals surface area (Å²) in [6.45, 7) is 1.39. The first-order valence-corrected chi connectivity index (χ1v) is 4.13. The predicted octanol–water partition coefficient (Wildman–Crippen LogP) is 1.13. The van der Waals surface area contributed by atoms with Gasteiger partial charge in [-0.15, -0.1) is 0 Å². The van der Waals surface area contributed by atoms with Gasteiger partial charge in [0.25, 0.3) is 0 Å². The van der Waals surface area contributed by atoms with Crippen molar-refractivity contribution in [1.82, 2.24) is 4.90 Å². The molecule has 0 aromatic heterocycles. The van der Waals surface area contributed by atoms with Crippen LogP contribution >= 0.6 is 0 Å². The van der Waals surface area contributed by atoms with Gasteiger partial charge in [0.05, 0.1) is 0 Å². The van der Waals surface area contributed by atoms with Crippen LogP contribution in [0.5, 0.6) is 0 Å². The summed E-state index contributed by atoms with van der Waals surface area (Å²) in [5.41, 5.74) is 0. The van der Waals surface area contributed by atoms with Gasteiger partial charge in [-0.2, -0.15) is 5.26 Å². The SMILES string of the molecule is N#CCOC(=O)N1CCCCC1. The van der Waals surface area contributed by atoms with Crippen LogP contribution in [-0.2, 0) is 4.74 Å². The minimum atomic E-state index is -0.351. The molecule has 1 saturated heterocycles. The average molecular weight is 168 g/mol. The van der Waals surface area contributed by atoms with Crippen molar-refractivity contribution < 1.29 is 9.53 Å². The molecule has 0 unspecified atom stereocenters. The van der Waals surface area contributed by atoms with Crippen LogP contribution in [-0.4, -0.2) is 30.7 Å². The minimum absolute atomic E-state index is 0.144. The summed E-state index contributed by atoms with van der Waals surface area (Å²) in [5, 5.41) is 8.17. The Morgan fingerprint density at radius 3 is 2.67 bits per heavy atom. The van der Waals surface area contributed by atoms with Gasteiger partial charge >= 0.3 is 6.09 Å². The van der Waals surface area contributed by atoms with Crippen molar-refractivity contribution in [1.29, 1.82) is 5.26 Å². The lowest BCUT2D eigenvalue weighted by atomic mass is 10.1. The first kappa shape index (κ1) is 8.85. The molecule has 66 valence electrons. The number of hydrogen-bond donors (Lipinski definition) is 0. The number of hydrogen-bond acceptors (Lipinski definition) is 3. The summed E-state index contributed by atoms with van der Waals surface area (Å²) >= 11 is 0. The van der Waals surface area contributed by atoms with Gasteiger partial charge in [0.2, 0.25) is 0 Å². The predicted molar refractivity (Wildman–Crippen MR) is 42.4 cm³/mol.